The van der Waals surface area contributed by atoms with E-state index in [1.165, 1.54) is 0 Å². The number of hydrogen-bond donors (Lipinski definition) is 2. The first-order chi connectivity index (χ1) is 11.6. The molecule has 1 aliphatic heterocycles. The van der Waals surface area contributed by atoms with Gasteiger partial charge in [-0.15, -0.1) is 5.10 Å². The minimum atomic E-state index is -0.373. The predicted molar refractivity (Wildman–Crippen MR) is 86.8 cm³/mol. The molecular formula is C17H18N4O3. The fraction of sp³-hybridized carbons (Fsp3) is 0.294. The molecule has 1 aromatic heterocycles. The summed E-state index contributed by atoms with van der Waals surface area (Å²) in [5.74, 6) is 1.33. The minimum Gasteiger partial charge on any atom is -0.493 e. The first-order valence-corrected chi connectivity index (χ1v) is 7.53. The zero-order valence-corrected chi connectivity index (χ0v) is 13.7. The number of nitrogens with zero attached hydrogens (tertiary/aromatic N) is 2. The molecule has 7 nitrogen and oxygen atoms in total. The molecule has 0 bridgehead atoms. The van der Waals surface area contributed by atoms with Crippen molar-refractivity contribution in [1.82, 2.24) is 10.2 Å². The molecule has 1 aliphatic rings. The normalized spacial score (nSPS) is 16.2. The molecule has 0 aliphatic carbocycles. The number of aromatic amines is 1. The molecule has 24 heavy (non-hydrogen) atoms. The van der Waals surface area contributed by atoms with Crippen molar-refractivity contribution in [3.63, 3.8) is 0 Å². The Balaban J connectivity index is 2.16. The molecule has 3 N–H and O–H groups in total. The van der Waals surface area contributed by atoms with Gasteiger partial charge in [-0.2, -0.15) is 5.26 Å². The molecule has 3 rings (SSSR count). The molecule has 0 amide bonds. The number of benzene rings is 1. The van der Waals surface area contributed by atoms with Crippen molar-refractivity contribution in [2.24, 2.45) is 5.73 Å². The quantitative estimate of drug-likeness (QED) is 0.893. The van der Waals surface area contributed by atoms with Crippen LogP contribution in [0.4, 0.5) is 0 Å². The average Bonchev–Trinajstić information content (AvgIpc) is 2.95. The first-order valence-electron chi connectivity index (χ1n) is 7.53. The number of allylic oxidation sites excluding steroid dienone is 1. The molecule has 124 valence electrons. The lowest BCUT2D eigenvalue weighted by molar-refractivity contribution is 0.310. The average molecular weight is 326 g/mol. The van der Waals surface area contributed by atoms with E-state index in [0.29, 0.717) is 29.6 Å². The molecule has 0 unspecified atom stereocenters. The Bertz CT molecular complexity index is 848. The Morgan fingerprint density at radius 3 is 2.88 bits per heavy atom. The van der Waals surface area contributed by atoms with Crippen LogP contribution in [0.25, 0.3) is 0 Å². The summed E-state index contributed by atoms with van der Waals surface area (Å²) in [7, 11) is 1.58. The van der Waals surface area contributed by atoms with Crippen LogP contribution in [0.15, 0.2) is 29.7 Å². The molecule has 0 spiro atoms. The Hall–Kier alpha value is -3.14. The summed E-state index contributed by atoms with van der Waals surface area (Å²) in [4.78, 5) is 0. The number of fused-ring (bicyclic) bond motifs is 1. The van der Waals surface area contributed by atoms with Gasteiger partial charge in [0.15, 0.2) is 11.5 Å². The topological polar surface area (TPSA) is 106 Å². The molecule has 1 aromatic carbocycles. The minimum absolute atomic E-state index is 0.0642. The van der Waals surface area contributed by atoms with E-state index < -0.39 is 0 Å². The maximum atomic E-state index is 9.56. The van der Waals surface area contributed by atoms with E-state index in [2.05, 4.69) is 16.3 Å². The largest absolute Gasteiger partial charge is 0.493 e. The highest BCUT2D eigenvalue weighted by atomic mass is 16.5. The van der Waals surface area contributed by atoms with Crippen LogP contribution >= 0.6 is 0 Å². The van der Waals surface area contributed by atoms with Crippen LogP contribution in [0, 0.1) is 18.3 Å². The first kappa shape index (κ1) is 15.7. The summed E-state index contributed by atoms with van der Waals surface area (Å²) in [6, 6.07) is 7.72. The van der Waals surface area contributed by atoms with Crippen molar-refractivity contribution >= 4 is 0 Å². The van der Waals surface area contributed by atoms with Gasteiger partial charge in [0, 0.05) is 11.3 Å². The molecule has 0 fully saturated rings. The van der Waals surface area contributed by atoms with E-state index in [1.54, 1.807) is 7.11 Å². The maximum absolute atomic E-state index is 9.56. The van der Waals surface area contributed by atoms with Crippen molar-refractivity contribution in [3.8, 4) is 23.4 Å². The van der Waals surface area contributed by atoms with E-state index >= 15 is 0 Å². The second kappa shape index (κ2) is 6.16. The number of nitrogens with two attached hydrogens (primary N) is 1. The van der Waals surface area contributed by atoms with Crippen molar-refractivity contribution in [1.29, 1.82) is 5.26 Å². The van der Waals surface area contributed by atoms with Crippen LogP contribution in [0.3, 0.4) is 0 Å². The standard InChI is InChI=1S/C17H18N4O3/c1-4-23-12-6-5-10(7-13(12)22-3)15-11(8-18)16(19)24-17-14(15)9(2)20-21-17/h5-7,15H,4,19H2,1-3H3,(H,20,21)/t15-/m0/s1. The van der Waals surface area contributed by atoms with Crippen molar-refractivity contribution in [2.75, 3.05) is 13.7 Å². The van der Waals surface area contributed by atoms with Crippen LogP contribution in [-0.2, 0) is 0 Å². The number of ether oxygens (including phenoxy) is 3. The second-order valence-electron chi connectivity index (χ2n) is 5.34. The van der Waals surface area contributed by atoms with Gasteiger partial charge < -0.3 is 19.9 Å². The number of nitriles is 1. The van der Waals surface area contributed by atoms with Crippen LogP contribution in [0.5, 0.6) is 17.4 Å². The van der Waals surface area contributed by atoms with Gasteiger partial charge in [-0.1, -0.05) is 6.07 Å². The lowest BCUT2D eigenvalue weighted by Gasteiger charge is -2.24. The number of nitrogens with one attached hydrogen (secondary N) is 1. The lowest BCUT2D eigenvalue weighted by Crippen LogP contribution is -2.21. The highest BCUT2D eigenvalue weighted by molar-refractivity contribution is 5.57. The molecular weight excluding hydrogens is 308 g/mol. The summed E-state index contributed by atoms with van der Waals surface area (Å²) in [5, 5.41) is 16.6. The van der Waals surface area contributed by atoms with E-state index in [9.17, 15) is 5.26 Å². The Kier molecular flexibility index (Phi) is 4.04. The van der Waals surface area contributed by atoms with E-state index in [4.69, 9.17) is 19.9 Å². The number of methoxy groups -OCH3 is 1. The van der Waals surface area contributed by atoms with Crippen LogP contribution in [0.1, 0.15) is 29.7 Å². The Labute approximate surface area is 139 Å². The zero-order valence-electron chi connectivity index (χ0n) is 13.7. The van der Waals surface area contributed by atoms with Crippen molar-refractivity contribution in [2.45, 2.75) is 19.8 Å². The van der Waals surface area contributed by atoms with Gasteiger partial charge in [-0.25, -0.2) is 0 Å². The monoisotopic (exact) mass is 326 g/mol. The number of aryl methyl sites for hydroxylation is 1. The van der Waals surface area contributed by atoms with Crippen LogP contribution in [0.2, 0.25) is 0 Å². The van der Waals surface area contributed by atoms with Crippen molar-refractivity contribution in [3.05, 3.63) is 46.5 Å². The fourth-order valence-corrected chi connectivity index (χ4v) is 2.87. The van der Waals surface area contributed by atoms with Gasteiger partial charge in [0.05, 0.1) is 19.6 Å². The predicted octanol–water partition coefficient (Wildman–Crippen LogP) is 2.34. The number of hydrogen-bond acceptors (Lipinski definition) is 6. The number of aromatic nitrogens is 2. The SMILES string of the molecule is CCOc1ccc([C@H]2C(C#N)=C(N)Oc3n[nH]c(C)c32)cc1OC. The molecule has 7 heteroatoms. The van der Waals surface area contributed by atoms with Gasteiger partial charge >= 0.3 is 0 Å². The maximum Gasteiger partial charge on any atom is 0.244 e. The second-order valence-corrected chi connectivity index (χ2v) is 5.34. The smallest absolute Gasteiger partial charge is 0.244 e. The molecule has 0 saturated heterocycles. The third-order valence-corrected chi connectivity index (χ3v) is 3.95. The van der Waals surface area contributed by atoms with E-state index in [1.807, 2.05) is 32.0 Å². The summed E-state index contributed by atoms with van der Waals surface area (Å²) < 4.78 is 16.4. The summed E-state index contributed by atoms with van der Waals surface area (Å²) in [5.41, 5.74) is 8.73. The van der Waals surface area contributed by atoms with E-state index in [0.717, 1.165) is 16.8 Å². The van der Waals surface area contributed by atoms with Gasteiger partial charge in [0.1, 0.15) is 11.6 Å². The molecule has 1 atom stereocenters. The summed E-state index contributed by atoms with van der Waals surface area (Å²) >= 11 is 0. The lowest BCUT2D eigenvalue weighted by atomic mass is 9.84. The molecule has 0 saturated carbocycles. The highest BCUT2D eigenvalue weighted by Crippen LogP contribution is 2.44. The molecule has 0 radical (unpaired) electrons. The van der Waals surface area contributed by atoms with Crippen LogP contribution in [-0.4, -0.2) is 23.9 Å². The summed E-state index contributed by atoms with van der Waals surface area (Å²) in [6.45, 7) is 4.32. The van der Waals surface area contributed by atoms with Gasteiger partial charge in [-0.05, 0) is 31.5 Å². The zero-order chi connectivity index (χ0) is 17.3. The summed E-state index contributed by atoms with van der Waals surface area (Å²) in [6.07, 6.45) is 0. The molecule has 2 aromatic rings. The van der Waals surface area contributed by atoms with Gasteiger partial charge in [0.2, 0.25) is 11.8 Å². The van der Waals surface area contributed by atoms with Gasteiger partial charge in [0.25, 0.3) is 0 Å². The fourth-order valence-electron chi connectivity index (χ4n) is 2.87. The van der Waals surface area contributed by atoms with Crippen LogP contribution < -0.4 is 19.9 Å². The van der Waals surface area contributed by atoms with Gasteiger partial charge in [-0.3, -0.25) is 5.10 Å². The Morgan fingerprint density at radius 2 is 2.21 bits per heavy atom. The third kappa shape index (κ3) is 2.42. The third-order valence-electron chi connectivity index (χ3n) is 3.95. The van der Waals surface area contributed by atoms with E-state index in [-0.39, 0.29) is 11.8 Å². The van der Waals surface area contributed by atoms with Crippen molar-refractivity contribution < 1.29 is 14.2 Å². The molecule has 2 heterocycles. The highest BCUT2D eigenvalue weighted by Gasteiger charge is 2.34. The number of H-pyrrole nitrogens is 1. The Morgan fingerprint density at radius 1 is 1.42 bits per heavy atom. The number of rotatable bonds is 4.